The Morgan fingerprint density at radius 2 is 1.74 bits per heavy atom. The van der Waals surface area contributed by atoms with Gasteiger partial charge in [-0.15, -0.1) is 11.3 Å². The van der Waals surface area contributed by atoms with Crippen LogP contribution in [0, 0.1) is 0 Å². The Morgan fingerprint density at radius 1 is 1.05 bits per heavy atom. The molecule has 0 saturated heterocycles. The predicted molar refractivity (Wildman–Crippen MR) is 76.0 cm³/mol. The molecule has 0 radical (unpaired) electrons. The van der Waals surface area contributed by atoms with E-state index >= 15 is 0 Å². The van der Waals surface area contributed by atoms with Crippen molar-refractivity contribution < 1.29 is 14.7 Å². The molecule has 98 valence electrons. The second kappa shape index (κ2) is 5.99. The highest BCUT2D eigenvalue weighted by molar-refractivity contribution is 7.19. The lowest BCUT2D eigenvalue weighted by Gasteiger charge is -2.01. The third-order valence-corrected chi connectivity index (χ3v) is 3.91. The Balaban J connectivity index is 2.10. The van der Waals surface area contributed by atoms with E-state index in [0.29, 0.717) is 5.56 Å². The zero-order valence-corrected chi connectivity index (χ0v) is 11.5. The maximum Gasteiger partial charge on any atom is 0.303 e. The van der Waals surface area contributed by atoms with Gasteiger partial charge in [-0.2, -0.15) is 0 Å². The zero-order valence-electron chi connectivity index (χ0n) is 9.93. The topological polar surface area (TPSA) is 54.4 Å². The van der Waals surface area contributed by atoms with Crippen LogP contribution in [0.5, 0.6) is 0 Å². The largest absolute Gasteiger partial charge is 0.481 e. The molecule has 0 spiro atoms. The fourth-order valence-corrected chi connectivity index (χ4v) is 2.70. The van der Waals surface area contributed by atoms with E-state index in [9.17, 15) is 9.59 Å². The Labute approximate surface area is 119 Å². The summed E-state index contributed by atoms with van der Waals surface area (Å²) in [4.78, 5) is 23.2. The van der Waals surface area contributed by atoms with E-state index in [0.717, 1.165) is 14.8 Å². The highest BCUT2D eigenvalue weighted by atomic mass is 35.5. The second-order valence-corrected chi connectivity index (χ2v) is 5.71. The summed E-state index contributed by atoms with van der Waals surface area (Å²) in [6, 6.07) is 10.9. The minimum atomic E-state index is -0.960. The molecule has 0 saturated carbocycles. The summed E-state index contributed by atoms with van der Waals surface area (Å²) in [6.07, 6.45) is -0.110. The van der Waals surface area contributed by atoms with Crippen LogP contribution in [0.1, 0.15) is 23.2 Å². The number of carboxylic acid groups (broad SMARTS) is 1. The quantitative estimate of drug-likeness (QED) is 0.844. The van der Waals surface area contributed by atoms with Crippen molar-refractivity contribution >= 4 is 34.7 Å². The van der Waals surface area contributed by atoms with E-state index in [4.69, 9.17) is 16.7 Å². The SMILES string of the molecule is O=C(O)CCC(=O)c1ccc(-c2ccc(Cl)s2)cc1. The van der Waals surface area contributed by atoms with Crippen molar-refractivity contribution in [1.29, 1.82) is 0 Å². The van der Waals surface area contributed by atoms with E-state index < -0.39 is 5.97 Å². The number of Topliss-reactive ketones (excluding diaryl/α,β-unsaturated/α-hetero) is 1. The molecular weight excluding hydrogens is 284 g/mol. The van der Waals surface area contributed by atoms with Gasteiger partial charge in [-0.05, 0) is 17.7 Å². The van der Waals surface area contributed by atoms with Crippen molar-refractivity contribution in [2.45, 2.75) is 12.8 Å². The van der Waals surface area contributed by atoms with Gasteiger partial charge < -0.3 is 5.11 Å². The van der Waals surface area contributed by atoms with Crippen molar-refractivity contribution in [3.8, 4) is 10.4 Å². The van der Waals surface area contributed by atoms with E-state index in [2.05, 4.69) is 0 Å². The lowest BCUT2D eigenvalue weighted by Crippen LogP contribution is -2.03. The molecule has 0 atom stereocenters. The first kappa shape index (κ1) is 13.8. The standard InChI is InChI=1S/C14H11ClO3S/c15-13-7-6-12(19-13)10-3-1-9(2-4-10)11(16)5-8-14(17)18/h1-4,6-7H,5,8H2,(H,17,18). The van der Waals surface area contributed by atoms with Crippen LogP contribution < -0.4 is 0 Å². The van der Waals surface area contributed by atoms with Crippen molar-refractivity contribution in [3.05, 3.63) is 46.3 Å². The van der Waals surface area contributed by atoms with Gasteiger partial charge in [0.2, 0.25) is 0 Å². The van der Waals surface area contributed by atoms with Crippen molar-refractivity contribution in [2.75, 3.05) is 0 Å². The van der Waals surface area contributed by atoms with Crippen molar-refractivity contribution in [1.82, 2.24) is 0 Å². The highest BCUT2D eigenvalue weighted by Crippen LogP contribution is 2.31. The summed E-state index contributed by atoms with van der Waals surface area (Å²) in [6.45, 7) is 0. The Bertz CT molecular complexity index is 601. The van der Waals surface area contributed by atoms with Gasteiger partial charge >= 0.3 is 5.97 Å². The molecule has 2 aromatic rings. The number of carbonyl (C=O) groups excluding carboxylic acids is 1. The summed E-state index contributed by atoms with van der Waals surface area (Å²) in [5, 5.41) is 8.54. The summed E-state index contributed by atoms with van der Waals surface area (Å²) in [7, 11) is 0. The number of aliphatic carboxylic acids is 1. The van der Waals surface area contributed by atoms with E-state index in [1.54, 1.807) is 12.1 Å². The van der Waals surface area contributed by atoms with Crippen molar-refractivity contribution in [3.63, 3.8) is 0 Å². The van der Waals surface area contributed by atoms with Gasteiger partial charge in [0.25, 0.3) is 0 Å². The number of hydrogen-bond acceptors (Lipinski definition) is 3. The fourth-order valence-electron chi connectivity index (χ4n) is 1.65. The molecule has 0 amide bonds. The third kappa shape index (κ3) is 3.66. The van der Waals surface area contributed by atoms with Crippen LogP contribution in [0.25, 0.3) is 10.4 Å². The molecule has 5 heteroatoms. The van der Waals surface area contributed by atoms with Gasteiger partial charge in [0.05, 0.1) is 10.8 Å². The molecule has 0 aliphatic carbocycles. The normalized spacial score (nSPS) is 10.4. The Kier molecular flexibility index (Phi) is 4.35. The molecule has 2 rings (SSSR count). The number of benzene rings is 1. The molecular formula is C14H11ClO3S. The molecule has 0 aliphatic rings. The van der Waals surface area contributed by atoms with Crippen LogP contribution in [0.4, 0.5) is 0 Å². The lowest BCUT2D eigenvalue weighted by atomic mass is 10.0. The molecule has 0 aliphatic heterocycles. The summed E-state index contributed by atoms with van der Waals surface area (Å²) in [5.41, 5.74) is 1.53. The van der Waals surface area contributed by atoms with E-state index in [1.807, 2.05) is 24.3 Å². The molecule has 19 heavy (non-hydrogen) atoms. The number of halogens is 1. The van der Waals surface area contributed by atoms with Gasteiger partial charge in [0.15, 0.2) is 5.78 Å². The van der Waals surface area contributed by atoms with Gasteiger partial charge in [0, 0.05) is 16.9 Å². The zero-order chi connectivity index (χ0) is 13.8. The van der Waals surface area contributed by atoms with Crippen LogP contribution in [0.15, 0.2) is 36.4 Å². The lowest BCUT2D eigenvalue weighted by molar-refractivity contribution is -0.136. The number of rotatable bonds is 5. The van der Waals surface area contributed by atoms with Gasteiger partial charge in [-0.1, -0.05) is 35.9 Å². The maximum absolute atomic E-state index is 11.7. The number of carbonyl (C=O) groups is 2. The maximum atomic E-state index is 11.7. The molecule has 1 N–H and O–H groups in total. The average molecular weight is 295 g/mol. The molecule has 0 bridgehead atoms. The summed E-state index contributed by atoms with van der Waals surface area (Å²) < 4.78 is 0.719. The second-order valence-electron chi connectivity index (χ2n) is 4.00. The first-order chi connectivity index (χ1) is 9.06. The van der Waals surface area contributed by atoms with Gasteiger partial charge in [0.1, 0.15) is 0 Å². The predicted octanol–water partition coefficient (Wildman–Crippen LogP) is 4.12. The van der Waals surface area contributed by atoms with Crippen LogP contribution in [0.3, 0.4) is 0 Å². The average Bonchev–Trinajstić information content (AvgIpc) is 2.83. The van der Waals surface area contributed by atoms with E-state index in [-0.39, 0.29) is 18.6 Å². The minimum absolute atomic E-state index is 0.0273. The van der Waals surface area contributed by atoms with Crippen LogP contribution >= 0.6 is 22.9 Å². The Hall–Kier alpha value is -1.65. The monoisotopic (exact) mass is 294 g/mol. The van der Waals surface area contributed by atoms with E-state index in [1.165, 1.54) is 11.3 Å². The Morgan fingerprint density at radius 3 is 2.26 bits per heavy atom. The number of hydrogen-bond donors (Lipinski definition) is 1. The summed E-state index contributed by atoms with van der Waals surface area (Å²) in [5.74, 6) is -1.11. The smallest absolute Gasteiger partial charge is 0.303 e. The third-order valence-electron chi connectivity index (χ3n) is 2.63. The summed E-state index contributed by atoms with van der Waals surface area (Å²) >= 11 is 7.34. The molecule has 1 aromatic heterocycles. The number of carboxylic acids is 1. The molecule has 1 heterocycles. The van der Waals surface area contributed by atoms with Gasteiger partial charge in [-0.25, -0.2) is 0 Å². The highest BCUT2D eigenvalue weighted by Gasteiger charge is 2.09. The van der Waals surface area contributed by atoms with Crippen LogP contribution in [-0.4, -0.2) is 16.9 Å². The first-order valence-electron chi connectivity index (χ1n) is 5.67. The van der Waals surface area contributed by atoms with Crippen LogP contribution in [-0.2, 0) is 4.79 Å². The number of thiophene rings is 1. The molecule has 0 fully saturated rings. The number of ketones is 1. The first-order valence-corrected chi connectivity index (χ1v) is 6.86. The molecule has 3 nitrogen and oxygen atoms in total. The molecule has 0 unspecified atom stereocenters. The fraction of sp³-hybridized carbons (Fsp3) is 0.143. The molecule has 1 aromatic carbocycles. The van der Waals surface area contributed by atoms with Gasteiger partial charge in [-0.3, -0.25) is 9.59 Å². The van der Waals surface area contributed by atoms with Crippen LogP contribution in [0.2, 0.25) is 4.34 Å². The minimum Gasteiger partial charge on any atom is -0.481 e. The van der Waals surface area contributed by atoms with Crippen molar-refractivity contribution in [2.24, 2.45) is 0 Å².